The van der Waals surface area contributed by atoms with Crippen LogP contribution in [0.1, 0.15) is 21.6 Å². The third-order valence-corrected chi connectivity index (χ3v) is 3.19. The maximum absolute atomic E-state index is 11.6. The van der Waals surface area contributed by atoms with Gasteiger partial charge in [0.2, 0.25) is 0 Å². The third kappa shape index (κ3) is 3.79. The maximum Gasteiger partial charge on any atom is 0.252 e. The number of carbonyl (C=O) groups excluding carboxylic acids is 1. The van der Waals surface area contributed by atoms with Crippen molar-refractivity contribution in [2.45, 2.75) is 13.5 Å². The molecule has 0 aliphatic carbocycles. The summed E-state index contributed by atoms with van der Waals surface area (Å²) in [5.74, 6) is 0.115. The van der Waals surface area contributed by atoms with Crippen molar-refractivity contribution in [2.75, 3.05) is 18.0 Å². The van der Waals surface area contributed by atoms with Crippen LogP contribution in [0.5, 0.6) is 0 Å². The van der Waals surface area contributed by atoms with Gasteiger partial charge in [-0.05, 0) is 24.6 Å². The number of carbonyl (C=O) groups is 1. The van der Waals surface area contributed by atoms with Crippen LogP contribution in [0, 0.1) is 6.92 Å². The molecule has 2 aromatic rings. The Hall–Kier alpha value is -2.40. The van der Waals surface area contributed by atoms with Gasteiger partial charge in [0.25, 0.3) is 5.91 Å². The van der Waals surface area contributed by atoms with E-state index < -0.39 is 5.91 Å². The number of benzene rings is 1. The number of aryl methyl sites for hydroxylation is 1. The van der Waals surface area contributed by atoms with Gasteiger partial charge in [0.05, 0.1) is 5.56 Å². The highest BCUT2D eigenvalue weighted by Gasteiger charge is 2.16. The molecule has 0 saturated heterocycles. The lowest BCUT2D eigenvalue weighted by Gasteiger charge is -2.25. The van der Waals surface area contributed by atoms with Crippen LogP contribution < -0.4 is 16.4 Å². The number of pyridine rings is 1. The van der Waals surface area contributed by atoms with Crippen LogP contribution >= 0.6 is 0 Å². The molecule has 2 rings (SSSR count). The molecule has 0 bridgehead atoms. The summed E-state index contributed by atoms with van der Waals surface area (Å²) in [7, 11) is 0. The van der Waals surface area contributed by atoms with Crippen LogP contribution in [0.2, 0.25) is 0 Å². The number of rotatable bonds is 6. The van der Waals surface area contributed by atoms with Gasteiger partial charge in [-0.25, -0.2) is 4.98 Å². The minimum absolute atomic E-state index is 0.421. The van der Waals surface area contributed by atoms with Crippen molar-refractivity contribution in [1.29, 1.82) is 0 Å². The fourth-order valence-corrected chi connectivity index (χ4v) is 2.20. The Bertz CT molecular complexity index is 613. The summed E-state index contributed by atoms with van der Waals surface area (Å²) < 4.78 is 0. The van der Waals surface area contributed by atoms with E-state index in [2.05, 4.69) is 4.98 Å². The Balaban J connectivity index is 2.37. The molecule has 5 nitrogen and oxygen atoms in total. The standard InChI is InChI=1S/C16H20N4O/c1-12-7-8-14(15(18)21)16(19-12)20(10-9-17)11-13-5-3-2-4-6-13/h2-8H,9-11,17H2,1H3,(H2,18,21). The number of anilines is 1. The van der Waals surface area contributed by atoms with E-state index in [1.54, 1.807) is 12.1 Å². The van der Waals surface area contributed by atoms with Crippen LogP contribution in [0.3, 0.4) is 0 Å². The van der Waals surface area contributed by atoms with E-state index in [1.807, 2.05) is 42.2 Å². The average Bonchev–Trinajstić information content (AvgIpc) is 2.47. The molecule has 0 saturated carbocycles. The van der Waals surface area contributed by atoms with Crippen LogP contribution in [0.25, 0.3) is 0 Å². The molecule has 0 atom stereocenters. The summed E-state index contributed by atoms with van der Waals surface area (Å²) in [6, 6.07) is 13.5. The molecule has 1 aromatic carbocycles. The molecule has 0 fully saturated rings. The number of amides is 1. The molecular weight excluding hydrogens is 264 g/mol. The minimum Gasteiger partial charge on any atom is -0.365 e. The van der Waals surface area contributed by atoms with Crippen molar-refractivity contribution in [2.24, 2.45) is 11.5 Å². The fraction of sp³-hybridized carbons (Fsp3) is 0.250. The largest absolute Gasteiger partial charge is 0.365 e. The molecular formula is C16H20N4O. The second-order valence-corrected chi connectivity index (χ2v) is 4.88. The van der Waals surface area contributed by atoms with Crippen molar-refractivity contribution >= 4 is 11.7 Å². The molecule has 1 amide bonds. The molecule has 1 aromatic heterocycles. The van der Waals surface area contributed by atoms with Gasteiger partial charge >= 0.3 is 0 Å². The average molecular weight is 284 g/mol. The third-order valence-electron chi connectivity index (χ3n) is 3.19. The zero-order valence-corrected chi connectivity index (χ0v) is 12.1. The topological polar surface area (TPSA) is 85.2 Å². The number of aromatic nitrogens is 1. The van der Waals surface area contributed by atoms with Gasteiger partial charge in [0.15, 0.2) is 0 Å². The molecule has 1 heterocycles. The zero-order valence-electron chi connectivity index (χ0n) is 12.1. The van der Waals surface area contributed by atoms with Crippen molar-refractivity contribution < 1.29 is 4.79 Å². The van der Waals surface area contributed by atoms with Crippen LogP contribution in [-0.2, 0) is 6.54 Å². The van der Waals surface area contributed by atoms with Gasteiger partial charge in [-0.2, -0.15) is 0 Å². The summed E-state index contributed by atoms with van der Waals surface area (Å²) in [4.78, 5) is 18.1. The minimum atomic E-state index is -0.479. The van der Waals surface area contributed by atoms with Gasteiger partial charge in [0, 0.05) is 25.3 Å². The first-order valence-electron chi connectivity index (χ1n) is 6.88. The molecule has 0 radical (unpaired) electrons. The highest BCUT2D eigenvalue weighted by atomic mass is 16.1. The number of nitrogens with two attached hydrogens (primary N) is 2. The van der Waals surface area contributed by atoms with Crippen LogP contribution in [0.4, 0.5) is 5.82 Å². The predicted octanol–water partition coefficient (Wildman–Crippen LogP) is 1.45. The molecule has 21 heavy (non-hydrogen) atoms. The molecule has 4 N–H and O–H groups in total. The van der Waals surface area contributed by atoms with E-state index in [4.69, 9.17) is 11.5 Å². The highest BCUT2D eigenvalue weighted by molar-refractivity contribution is 5.97. The number of nitrogens with zero attached hydrogens (tertiary/aromatic N) is 2. The van der Waals surface area contributed by atoms with Gasteiger partial charge < -0.3 is 16.4 Å². The molecule has 0 aliphatic rings. The fourth-order valence-electron chi connectivity index (χ4n) is 2.20. The molecule has 110 valence electrons. The number of primary amides is 1. The molecule has 0 aliphatic heterocycles. The lowest BCUT2D eigenvalue weighted by molar-refractivity contribution is 0.100. The Kier molecular flexibility index (Phi) is 4.90. The summed E-state index contributed by atoms with van der Waals surface area (Å²) >= 11 is 0. The van der Waals surface area contributed by atoms with E-state index in [-0.39, 0.29) is 0 Å². The Morgan fingerprint density at radius 2 is 1.90 bits per heavy atom. The van der Waals surface area contributed by atoms with Crippen LogP contribution in [-0.4, -0.2) is 24.0 Å². The van der Waals surface area contributed by atoms with E-state index in [0.717, 1.165) is 11.3 Å². The van der Waals surface area contributed by atoms with E-state index in [0.29, 0.717) is 31.0 Å². The lowest BCUT2D eigenvalue weighted by Crippen LogP contribution is -2.32. The highest BCUT2D eigenvalue weighted by Crippen LogP contribution is 2.20. The van der Waals surface area contributed by atoms with Gasteiger partial charge in [-0.1, -0.05) is 30.3 Å². The second kappa shape index (κ2) is 6.85. The van der Waals surface area contributed by atoms with Gasteiger partial charge in [-0.3, -0.25) is 4.79 Å². The first-order chi connectivity index (χ1) is 10.1. The van der Waals surface area contributed by atoms with Crippen molar-refractivity contribution in [3.8, 4) is 0 Å². The van der Waals surface area contributed by atoms with Crippen molar-refractivity contribution in [3.63, 3.8) is 0 Å². The van der Waals surface area contributed by atoms with Gasteiger partial charge in [0.1, 0.15) is 5.82 Å². The first-order valence-corrected chi connectivity index (χ1v) is 6.88. The number of hydrogen-bond acceptors (Lipinski definition) is 4. The second-order valence-electron chi connectivity index (χ2n) is 4.88. The smallest absolute Gasteiger partial charge is 0.252 e. The maximum atomic E-state index is 11.6. The lowest BCUT2D eigenvalue weighted by atomic mass is 10.1. The SMILES string of the molecule is Cc1ccc(C(N)=O)c(N(CCN)Cc2ccccc2)n1. The zero-order chi connectivity index (χ0) is 15.2. The van der Waals surface area contributed by atoms with Gasteiger partial charge in [-0.15, -0.1) is 0 Å². The normalized spacial score (nSPS) is 10.4. The molecule has 5 heteroatoms. The molecule has 0 unspecified atom stereocenters. The van der Waals surface area contributed by atoms with E-state index >= 15 is 0 Å². The Morgan fingerprint density at radius 3 is 2.52 bits per heavy atom. The predicted molar refractivity (Wildman–Crippen MR) is 84.0 cm³/mol. The summed E-state index contributed by atoms with van der Waals surface area (Å²) in [5, 5.41) is 0. The Labute approximate surface area is 124 Å². The summed E-state index contributed by atoms with van der Waals surface area (Å²) in [6.45, 7) is 3.60. The summed E-state index contributed by atoms with van der Waals surface area (Å²) in [5.41, 5.74) is 13.5. The summed E-state index contributed by atoms with van der Waals surface area (Å²) in [6.07, 6.45) is 0. The van der Waals surface area contributed by atoms with Crippen molar-refractivity contribution in [3.05, 3.63) is 59.3 Å². The monoisotopic (exact) mass is 284 g/mol. The van der Waals surface area contributed by atoms with E-state index in [1.165, 1.54) is 0 Å². The van der Waals surface area contributed by atoms with Crippen LogP contribution in [0.15, 0.2) is 42.5 Å². The quantitative estimate of drug-likeness (QED) is 0.841. The first kappa shape index (κ1) is 15.0. The van der Waals surface area contributed by atoms with Crippen molar-refractivity contribution in [1.82, 2.24) is 4.98 Å². The van der Waals surface area contributed by atoms with E-state index in [9.17, 15) is 4.79 Å². The Morgan fingerprint density at radius 1 is 1.19 bits per heavy atom. The molecule has 0 spiro atoms. The number of hydrogen-bond donors (Lipinski definition) is 2.